The highest BCUT2D eigenvalue weighted by Gasteiger charge is 2.56. The van der Waals surface area contributed by atoms with Gasteiger partial charge in [0.1, 0.15) is 0 Å². The summed E-state index contributed by atoms with van der Waals surface area (Å²) in [5.41, 5.74) is 0. The fourth-order valence-corrected chi connectivity index (χ4v) is 0.378. The molecule has 0 heterocycles. The normalized spacial score (nSPS) is 14.2. The van der Waals surface area contributed by atoms with Crippen molar-refractivity contribution in [1.29, 1.82) is 0 Å². The van der Waals surface area contributed by atoms with Crippen LogP contribution in [-0.2, 0) is 4.39 Å². The van der Waals surface area contributed by atoms with Crippen molar-refractivity contribution in [1.82, 2.24) is 5.06 Å². The van der Waals surface area contributed by atoms with Crippen LogP contribution < -0.4 is 0 Å². The predicted octanol–water partition coefficient (Wildman–Crippen LogP) is 2.41. The first kappa shape index (κ1) is 10.8. The molecule has 0 aliphatic rings. The summed E-state index contributed by atoms with van der Waals surface area (Å²) in [5, 5.41) is -2.23. The fraction of sp³-hybridized carbons (Fsp3) is 1.00. The minimum absolute atomic E-state index is 2.23. The van der Waals surface area contributed by atoms with E-state index < -0.39 is 17.7 Å². The number of hydrogen-bond acceptors (Lipinski definition) is 2. The number of hydrogen-bond donors (Lipinski definition) is 0. The van der Waals surface area contributed by atoms with Crippen molar-refractivity contribution in [2.45, 2.75) is 12.6 Å². The molecule has 0 saturated heterocycles. The van der Waals surface area contributed by atoms with Crippen molar-refractivity contribution in [3.05, 3.63) is 0 Å². The lowest BCUT2D eigenvalue weighted by Gasteiger charge is -2.21. The van der Waals surface area contributed by atoms with Crippen LogP contribution in [0.5, 0.6) is 0 Å². The zero-order chi connectivity index (χ0) is 9.28. The monoisotopic (exact) mass is 203 g/mol. The second-order valence-electron chi connectivity index (χ2n) is 1.30. The van der Waals surface area contributed by atoms with Gasteiger partial charge in [-0.2, -0.15) is 30.7 Å². The van der Waals surface area contributed by atoms with Crippen molar-refractivity contribution in [2.24, 2.45) is 0 Å². The average Bonchev–Trinajstić information content (AvgIpc) is 1.56. The Morgan fingerprint density at radius 3 is 1.18 bits per heavy atom. The molecular weight excluding hydrogens is 203 g/mol. The SMILES string of the molecule is FC(F)(F)N(OCl)C(F)(F)F. The molecule has 0 bridgehead atoms. The van der Waals surface area contributed by atoms with E-state index in [1.54, 1.807) is 0 Å². The van der Waals surface area contributed by atoms with E-state index >= 15 is 0 Å². The van der Waals surface area contributed by atoms with Gasteiger partial charge < -0.3 is 0 Å². The highest BCUT2D eigenvalue weighted by atomic mass is 35.5. The van der Waals surface area contributed by atoms with Crippen LogP contribution in [0.3, 0.4) is 0 Å². The molecule has 0 saturated carbocycles. The molecule has 0 spiro atoms. The van der Waals surface area contributed by atoms with Gasteiger partial charge in [0.25, 0.3) is 0 Å². The summed E-state index contributed by atoms with van der Waals surface area (Å²) >= 11 is 3.92. The lowest BCUT2D eigenvalue weighted by atomic mass is 10.9. The zero-order valence-electron chi connectivity index (χ0n) is 4.50. The molecule has 0 unspecified atom stereocenters. The molecule has 0 rings (SSSR count). The number of rotatable bonds is 1. The molecule has 0 aromatic carbocycles. The van der Waals surface area contributed by atoms with Crippen LogP contribution in [0.2, 0.25) is 0 Å². The molecule has 0 atom stereocenters. The van der Waals surface area contributed by atoms with Crippen LogP contribution in [0.15, 0.2) is 0 Å². The highest BCUT2D eigenvalue weighted by Crippen LogP contribution is 2.33. The summed E-state index contributed by atoms with van der Waals surface area (Å²) in [6.07, 6.45) is -11.4. The molecule has 0 radical (unpaired) electrons. The predicted molar refractivity (Wildman–Crippen MR) is 20.9 cm³/mol. The van der Waals surface area contributed by atoms with Gasteiger partial charge in [-0.15, -0.1) is 0 Å². The van der Waals surface area contributed by atoms with Gasteiger partial charge in [0.2, 0.25) is 0 Å². The van der Waals surface area contributed by atoms with E-state index in [2.05, 4.69) is 16.3 Å². The third-order valence-corrected chi connectivity index (χ3v) is 0.668. The van der Waals surface area contributed by atoms with E-state index in [0.29, 0.717) is 0 Å². The van der Waals surface area contributed by atoms with Crippen LogP contribution in [-0.4, -0.2) is 17.7 Å². The van der Waals surface area contributed by atoms with Crippen molar-refractivity contribution < 1.29 is 30.7 Å². The fourth-order valence-electron chi connectivity index (χ4n) is 0.222. The molecule has 0 aromatic heterocycles. The summed E-state index contributed by atoms with van der Waals surface area (Å²) in [4.78, 5) is 0. The molecule has 0 N–H and O–H groups in total. The summed E-state index contributed by atoms with van der Waals surface area (Å²) < 4.78 is 69.8. The molecule has 2 nitrogen and oxygen atoms in total. The topological polar surface area (TPSA) is 12.5 Å². The third kappa shape index (κ3) is 3.12. The quantitative estimate of drug-likeness (QED) is 0.369. The van der Waals surface area contributed by atoms with Gasteiger partial charge in [-0.1, -0.05) is 0 Å². The van der Waals surface area contributed by atoms with Gasteiger partial charge in [0.05, 0.1) is 11.9 Å². The van der Waals surface area contributed by atoms with Gasteiger partial charge in [0, 0.05) is 5.06 Å². The first-order valence-corrected chi connectivity index (χ1v) is 2.23. The van der Waals surface area contributed by atoms with Crippen LogP contribution >= 0.6 is 11.9 Å². The lowest BCUT2D eigenvalue weighted by Crippen LogP contribution is -2.46. The molecular formula is C2ClF6NO. The van der Waals surface area contributed by atoms with Gasteiger partial charge in [0.15, 0.2) is 0 Å². The number of halogens is 7. The Morgan fingerprint density at radius 2 is 1.18 bits per heavy atom. The Balaban J connectivity index is 4.43. The molecule has 0 fully saturated rings. The maximum absolute atomic E-state index is 11.2. The smallest absolute Gasteiger partial charge is 0.171 e. The minimum Gasteiger partial charge on any atom is -0.171 e. The standard InChI is InChI=1S/C2ClF6NO/c3-11-10(1(4,5)6)2(7,8)9. The largest absolute Gasteiger partial charge is 0.492 e. The zero-order valence-corrected chi connectivity index (χ0v) is 5.26. The second kappa shape index (κ2) is 3.03. The van der Waals surface area contributed by atoms with Crippen molar-refractivity contribution in [3.8, 4) is 0 Å². The first-order valence-electron chi connectivity index (χ1n) is 1.92. The van der Waals surface area contributed by atoms with E-state index in [0.717, 1.165) is 0 Å². The van der Waals surface area contributed by atoms with Crippen LogP contribution in [0.4, 0.5) is 26.3 Å². The minimum atomic E-state index is -5.69. The van der Waals surface area contributed by atoms with Gasteiger partial charge in [-0.05, 0) is 0 Å². The number of hydroxylamine groups is 2. The number of alkyl halides is 6. The molecule has 11 heavy (non-hydrogen) atoms. The van der Waals surface area contributed by atoms with Gasteiger partial charge >= 0.3 is 12.6 Å². The number of nitrogens with zero attached hydrogens (tertiary/aromatic N) is 1. The Labute approximate surface area is 61.4 Å². The summed E-state index contributed by atoms with van der Waals surface area (Å²) in [7, 11) is 0. The van der Waals surface area contributed by atoms with Crippen LogP contribution in [0, 0.1) is 0 Å². The third-order valence-electron chi connectivity index (χ3n) is 0.530. The molecule has 0 aliphatic carbocycles. The first-order chi connectivity index (χ1) is 4.69. The summed E-state index contributed by atoms with van der Waals surface area (Å²) in [6.45, 7) is 0. The van der Waals surface area contributed by atoms with Crippen LogP contribution in [0.25, 0.3) is 0 Å². The molecule has 9 heteroatoms. The van der Waals surface area contributed by atoms with Crippen molar-refractivity contribution in [2.75, 3.05) is 0 Å². The van der Waals surface area contributed by atoms with Crippen LogP contribution in [0.1, 0.15) is 0 Å². The Hall–Kier alpha value is -0.210. The van der Waals surface area contributed by atoms with Crippen molar-refractivity contribution >= 4 is 11.9 Å². The van der Waals surface area contributed by atoms with Gasteiger partial charge in [-0.3, -0.25) is 0 Å². The van der Waals surface area contributed by atoms with E-state index in [9.17, 15) is 26.3 Å². The Kier molecular flexibility index (Phi) is 2.98. The lowest BCUT2D eigenvalue weighted by molar-refractivity contribution is -0.455. The van der Waals surface area contributed by atoms with E-state index in [4.69, 9.17) is 0 Å². The molecule has 68 valence electrons. The summed E-state index contributed by atoms with van der Waals surface area (Å²) in [6, 6.07) is 0. The Bertz CT molecular complexity index is 116. The van der Waals surface area contributed by atoms with Crippen molar-refractivity contribution in [3.63, 3.8) is 0 Å². The summed E-state index contributed by atoms with van der Waals surface area (Å²) in [5.74, 6) is 0. The molecule has 0 aromatic rings. The maximum atomic E-state index is 11.2. The molecule has 0 amide bonds. The maximum Gasteiger partial charge on any atom is 0.492 e. The van der Waals surface area contributed by atoms with E-state index in [1.165, 1.54) is 0 Å². The van der Waals surface area contributed by atoms with E-state index in [1.807, 2.05) is 0 Å². The molecule has 0 aliphatic heterocycles. The Morgan fingerprint density at radius 1 is 0.909 bits per heavy atom. The second-order valence-corrected chi connectivity index (χ2v) is 1.44. The van der Waals surface area contributed by atoms with E-state index in [-0.39, 0.29) is 0 Å². The average molecular weight is 203 g/mol. The van der Waals surface area contributed by atoms with Gasteiger partial charge in [-0.25, -0.2) is 0 Å². The highest BCUT2D eigenvalue weighted by molar-refractivity contribution is 6.07.